The lowest BCUT2D eigenvalue weighted by Crippen LogP contribution is -2.36. The van der Waals surface area contributed by atoms with Gasteiger partial charge in [-0.25, -0.2) is 0 Å². The summed E-state index contributed by atoms with van der Waals surface area (Å²) in [4.78, 5) is 30.0. The van der Waals surface area contributed by atoms with E-state index in [2.05, 4.69) is 52.6 Å². The van der Waals surface area contributed by atoms with Crippen molar-refractivity contribution in [1.29, 1.82) is 0 Å². The maximum atomic E-state index is 12.7. The fourth-order valence-electron chi connectivity index (χ4n) is 7.51. The Labute approximate surface area is 247 Å². The maximum Gasteiger partial charge on any atom is 0.318 e. The lowest BCUT2D eigenvalue weighted by molar-refractivity contribution is -0.120. The van der Waals surface area contributed by atoms with Crippen LogP contribution in [-0.4, -0.2) is 66.5 Å². The molecule has 2 aromatic carbocycles. The van der Waals surface area contributed by atoms with Gasteiger partial charge in [-0.3, -0.25) is 4.79 Å². The summed E-state index contributed by atoms with van der Waals surface area (Å²) in [6.07, 6.45) is 7.56. The van der Waals surface area contributed by atoms with Crippen LogP contribution in [0.1, 0.15) is 43.4 Å². The molecule has 7 rings (SSSR count). The minimum Gasteiger partial charge on any atom is -0.462 e. The van der Waals surface area contributed by atoms with Gasteiger partial charge in [-0.1, -0.05) is 42.4 Å². The van der Waals surface area contributed by atoms with Crippen molar-refractivity contribution in [1.82, 2.24) is 14.9 Å². The van der Waals surface area contributed by atoms with E-state index in [1.165, 1.54) is 18.1 Å². The number of benzene rings is 2. The van der Waals surface area contributed by atoms with Crippen molar-refractivity contribution in [2.24, 2.45) is 11.3 Å². The Morgan fingerprint density at radius 1 is 1.15 bits per heavy atom. The minimum absolute atomic E-state index is 0.208. The molecule has 214 valence electrons. The Morgan fingerprint density at radius 2 is 2.00 bits per heavy atom. The summed E-state index contributed by atoms with van der Waals surface area (Å²) in [6, 6.07) is 13.3. The largest absolute Gasteiger partial charge is 0.462 e. The molecule has 0 amide bonds. The first-order chi connectivity index (χ1) is 20.0. The fourth-order valence-corrected chi connectivity index (χ4v) is 7.79. The first-order valence-electron chi connectivity index (χ1n) is 15.0. The molecule has 0 bridgehead atoms. The van der Waals surface area contributed by atoms with E-state index in [4.69, 9.17) is 26.3 Å². The van der Waals surface area contributed by atoms with Crippen molar-refractivity contribution >= 4 is 39.7 Å². The van der Waals surface area contributed by atoms with Crippen molar-refractivity contribution in [2.75, 3.05) is 49.6 Å². The molecule has 4 heterocycles. The van der Waals surface area contributed by atoms with E-state index < -0.39 is 0 Å². The van der Waals surface area contributed by atoms with E-state index in [-0.39, 0.29) is 11.2 Å². The van der Waals surface area contributed by atoms with Crippen LogP contribution in [0.25, 0.3) is 10.8 Å². The average molecular weight is 572 g/mol. The lowest BCUT2D eigenvalue weighted by Gasteiger charge is -2.34. The van der Waals surface area contributed by atoms with Crippen LogP contribution < -0.4 is 14.5 Å². The molecule has 1 aliphatic carbocycles. The van der Waals surface area contributed by atoms with Crippen molar-refractivity contribution in [3.8, 4) is 6.01 Å². The van der Waals surface area contributed by atoms with Gasteiger partial charge in [-0.05, 0) is 81.6 Å². The molecule has 1 aromatic heterocycles. The molecule has 8 heteroatoms. The molecule has 2 saturated heterocycles. The third kappa shape index (κ3) is 4.77. The van der Waals surface area contributed by atoms with Gasteiger partial charge in [0.25, 0.3) is 0 Å². The number of rotatable bonds is 7. The Bertz CT molecular complexity index is 1510. The zero-order chi connectivity index (χ0) is 28.1. The zero-order valence-electron chi connectivity index (χ0n) is 23.8. The number of carbonyl (C=O) groups is 1. The summed E-state index contributed by atoms with van der Waals surface area (Å²) in [5.74, 6) is 1.56. The first kappa shape index (κ1) is 26.7. The van der Waals surface area contributed by atoms with Crippen LogP contribution >= 0.6 is 11.6 Å². The molecule has 0 N–H and O–H groups in total. The second-order valence-electron chi connectivity index (χ2n) is 12.3. The SMILES string of the molecule is C=CC(=O)C12CCCN(c3nc(OC[C@@H]4CCCN4C)nc4c3CCN(c3cccc5cccc(Cl)c35)C4)CC1C2. The van der Waals surface area contributed by atoms with E-state index in [1.807, 2.05) is 12.1 Å². The van der Waals surface area contributed by atoms with Crippen LogP contribution in [0.3, 0.4) is 0 Å². The third-order valence-corrected chi connectivity index (χ3v) is 10.3. The van der Waals surface area contributed by atoms with E-state index in [9.17, 15) is 4.79 Å². The quantitative estimate of drug-likeness (QED) is 0.338. The summed E-state index contributed by atoms with van der Waals surface area (Å²) in [5, 5.41) is 2.99. The zero-order valence-corrected chi connectivity index (χ0v) is 24.6. The van der Waals surface area contributed by atoms with Crippen molar-refractivity contribution in [2.45, 2.75) is 51.1 Å². The van der Waals surface area contributed by atoms with E-state index >= 15 is 0 Å². The van der Waals surface area contributed by atoms with Crippen molar-refractivity contribution < 1.29 is 9.53 Å². The number of hydrogen-bond donors (Lipinski definition) is 0. The predicted molar refractivity (Wildman–Crippen MR) is 164 cm³/mol. The molecular weight excluding hydrogens is 534 g/mol. The standard InChI is InChI=1S/C33H38ClN5O2/c1-3-29(40)33-14-7-16-39(19-23(33)18-33)31-25-13-17-38(28-12-5-9-22-8-4-11-26(34)30(22)28)20-27(25)35-32(36-31)41-21-24-10-6-15-37(24)2/h3-5,8-9,11-12,23-24H,1,6-7,10,13-21H2,2H3/t23?,24-,33?/m0/s1. The molecule has 1 saturated carbocycles. The molecule has 3 aromatic rings. The molecule has 0 spiro atoms. The summed E-state index contributed by atoms with van der Waals surface area (Å²) in [6.45, 7) is 8.74. The van der Waals surface area contributed by atoms with Crippen LogP contribution in [0.15, 0.2) is 49.1 Å². The maximum absolute atomic E-state index is 12.7. The number of likely N-dealkylation sites (N-methyl/N-ethyl adjacent to an activating group) is 1. The van der Waals surface area contributed by atoms with Gasteiger partial charge in [0.2, 0.25) is 0 Å². The molecule has 3 atom stereocenters. The van der Waals surface area contributed by atoms with Gasteiger partial charge < -0.3 is 19.4 Å². The number of halogens is 1. The van der Waals surface area contributed by atoms with Gasteiger partial charge in [0.15, 0.2) is 5.78 Å². The minimum atomic E-state index is -0.208. The molecule has 7 nitrogen and oxygen atoms in total. The number of hydrogen-bond acceptors (Lipinski definition) is 7. The van der Waals surface area contributed by atoms with Crippen molar-refractivity contribution in [3.05, 3.63) is 65.3 Å². The number of allylic oxidation sites excluding steroid dienone is 1. The van der Waals surface area contributed by atoms with Gasteiger partial charge >= 0.3 is 6.01 Å². The molecule has 2 unspecified atom stereocenters. The highest BCUT2D eigenvalue weighted by atomic mass is 35.5. The average Bonchev–Trinajstić information content (AvgIpc) is 3.58. The lowest BCUT2D eigenvalue weighted by atomic mass is 9.93. The molecule has 41 heavy (non-hydrogen) atoms. The number of anilines is 2. The molecule has 3 fully saturated rings. The Morgan fingerprint density at radius 3 is 2.80 bits per heavy atom. The van der Waals surface area contributed by atoms with E-state index in [1.54, 1.807) is 0 Å². The van der Waals surface area contributed by atoms with E-state index in [0.717, 1.165) is 91.3 Å². The number of aromatic nitrogens is 2. The molecule has 4 aliphatic rings. The van der Waals surface area contributed by atoms with Gasteiger partial charge in [-0.2, -0.15) is 9.97 Å². The van der Waals surface area contributed by atoms with Gasteiger partial charge in [0, 0.05) is 47.7 Å². The molecule has 0 radical (unpaired) electrons. The molecule has 3 aliphatic heterocycles. The van der Waals surface area contributed by atoms with Gasteiger partial charge in [0.1, 0.15) is 12.4 Å². The number of ether oxygens (including phenoxy) is 1. The first-order valence-corrected chi connectivity index (χ1v) is 15.4. The Hall–Kier alpha value is -3.16. The van der Waals surface area contributed by atoms with Crippen LogP contribution in [0.5, 0.6) is 6.01 Å². The van der Waals surface area contributed by atoms with Crippen LogP contribution in [0, 0.1) is 11.3 Å². The number of likely N-dealkylation sites (tertiary alicyclic amines) is 1. The topological polar surface area (TPSA) is 61.8 Å². The summed E-state index contributed by atoms with van der Waals surface area (Å²) < 4.78 is 6.33. The highest BCUT2D eigenvalue weighted by Gasteiger charge is 2.59. The Balaban J connectivity index is 1.22. The smallest absolute Gasteiger partial charge is 0.318 e. The third-order valence-electron chi connectivity index (χ3n) is 9.97. The Kier molecular flexibility index (Phi) is 6.90. The molecular formula is C33H38ClN5O2. The number of nitrogens with zero attached hydrogens (tertiary/aromatic N) is 5. The number of fused-ring (bicyclic) bond motifs is 3. The van der Waals surface area contributed by atoms with Crippen molar-refractivity contribution in [3.63, 3.8) is 0 Å². The number of ketones is 1. The van der Waals surface area contributed by atoms with Gasteiger partial charge in [0.05, 0.1) is 17.3 Å². The normalized spacial score (nSPS) is 25.9. The summed E-state index contributed by atoms with van der Waals surface area (Å²) in [5.41, 5.74) is 3.16. The van der Waals surface area contributed by atoms with Crippen LogP contribution in [0.4, 0.5) is 11.5 Å². The second-order valence-corrected chi connectivity index (χ2v) is 12.7. The highest BCUT2D eigenvalue weighted by Crippen LogP contribution is 2.58. The summed E-state index contributed by atoms with van der Waals surface area (Å²) >= 11 is 6.71. The summed E-state index contributed by atoms with van der Waals surface area (Å²) in [7, 11) is 2.16. The number of carbonyl (C=O) groups excluding carboxylic acids is 1. The second kappa shape index (κ2) is 10.6. The monoisotopic (exact) mass is 571 g/mol. The van der Waals surface area contributed by atoms with Crippen LogP contribution in [0.2, 0.25) is 5.02 Å². The fraction of sp³-hybridized carbons (Fsp3) is 0.485. The van der Waals surface area contributed by atoms with E-state index in [0.29, 0.717) is 31.1 Å². The highest BCUT2D eigenvalue weighted by molar-refractivity contribution is 6.36. The predicted octanol–water partition coefficient (Wildman–Crippen LogP) is 5.68. The van der Waals surface area contributed by atoms with Crippen LogP contribution in [-0.2, 0) is 17.8 Å². The van der Waals surface area contributed by atoms with Gasteiger partial charge in [-0.15, -0.1) is 0 Å².